The van der Waals surface area contributed by atoms with Crippen molar-refractivity contribution in [3.8, 4) is 0 Å². The molecule has 0 spiro atoms. The van der Waals surface area contributed by atoms with Gasteiger partial charge in [0.1, 0.15) is 11.6 Å². The van der Waals surface area contributed by atoms with E-state index in [-0.39, 0.29) is 29.5 Å². The predicted octanol–water partition coefficient (Wildman–Crippen LogP) is 1.85. The molecule has 1 aliphatic rings. The van der Waals surface area contributed by atoms with E-state index < -0.39 is 45.1 Å². The van der Waals surface area contributed by atoms with Crippen LogP contribution in [0.4, 0.5) is 0 Å². The lowest BCUT2D eigenvalue weighted by Crippen LogP contribution is -2.54. The van der Waals surface area contributed by atoms with Crippen molar-refractivity contribution in [1.82, 2.24) is 14.9 Å². The topological polar surface area (TPSA) is 156 Å². The molecule has 1 fully saturated rings. The molecule has 1 aliphatic heterocycles. The Balaban J connectivity index is 1.46. The van der Waals surface area contributed by atoms with Crippen molar-refractivity contribution in [1.29, 1.82) is 0 Å². The van der Waals surface area contributed by atoms with Crippen molar-refractivity contribution < 1.29 is 32.3 Å². The van der Waals surface area contributed by atoms with Crippen LogP contribution in [0.5, 0.6) is 0 Å². The van der Waals surface area contributed by atoms with E-state index in [0.29, 0.717) is 30.4 Å². The second kappa shape index (κ2) is 11.7. The zero-order valence-corrected chi connectivity index (χ0v) is 23.0. The Kier molecular flexibility index (Phi) is 8.57. The number of amides is 2. The van der Waals surface area contributed by atoms with Crippen LogP contribution in [0, 0.1) is 18.0 Å². The Hall–Kier alpha value is -3.48. The number of carbonyl (C=O) groups excluding carboxylic acids is 2. The number of β-amino-alcohol motifs (C(OH)–C–C–N with tert-alkyl or cyclic N) is 1. The first-order valence-electron chi connectivity index (χ1n) is 12.9. The second-order valence-electron chi connectivity index (χ2n) is 10.3. The molecule has 3 heterocycles. The Bertz CT molecular complexity index is 1450. The number of benzene rings is 1. The summed E-state index contributed by atoms with van der Waals surface area (Å²) in [5.41, 5.74) is 1.24. The molecule has 39 heavy (non-hydrogen) atoms. The molecule has 0 bridgehead atoms. The number of aryl methyl sites for hydroxylation is 1. The van der Waals surface area contributed by atoms with Crippen molar-refractivity contribution in [2.24, 2.45) is 5.92 Å². The number of rotatable bonds is 8. The lowest BCUT2D eigenvalue weighted by molar-refractivity contribution is -0.646. The van der Waals surface area contributed by atoms with E-state index in [4.69, 9.17) is 4.42 Å². The van der Waals surface area contributed by atoms with E-state index in [9.17, 15) is 28.3 Å². The van der Waals surface area contributed by atoms with E-state index in [1.54, 1.807) is 13.0 Å². The highest BCUT2D eigenvalue weighted by Crippen LogP contribution is 2.25. The van der Waals surface area contributed by atoms with Gasteiger partial charge in [0.15, 0.2) is 12.0 Å². The Morgan fingerprint density at radius 2 is 1.92 bits per heavy atom. The number of aliphatic hydroxyl groups is 1. The molecule has 1 aromatic carbocycles. The van der Waals surface area contributed by atoms with Gasteiger partial charge in [-0.05, 0) is 44.2 Å². The second-order valence-corrected chi connectivity index (χ2v) is 12.1. The molecule has 2 amide bonds. The van der Waals surface area contributed by atoms with Gasteiger partial charge >= 0.3 is 15.0 Å². The van der Waals surface area contributed by atoms with Crippen LogP contribution in [-0.4, -0.2) is 60.9 Å². The van der Waals surface area contributed by atoms with Crippen LogP contribution in [0.1, 0.15) is 49.2 Å². The number of hydrogen-bond donors (Lipinski definition) is 3. The fourth-order valence-corrected chi connectivity index (χ4v) is 6.36. The summed E-state index contributed by atoms with van der Waals surface area (Å²) in [6.07, 6.45) is 0.892. The fourth-order valence-electron chi connectivity index (χ4n) is 4.84. The molecule has 2 aromatic heterocycles. The van der Waals surface area contributed by atoms with Crippen LogP contribution >= 0.6 is 0 Å². The normalized spacial score (nSPS) is 19.5. The summed E-state index contributed by atoms with van der Waals surface area (Å²) >= 11 is 0. The zero-order chi connectivity index (χ0) is 28.3. The molecule has 3 aromatic rings. The number of aromatic nitrogens is 1. The smallest absolute Gasteiger partial charge is 0.323 e. The highest BCUT2D eigenvalue weighted by Gasteiger charge is 2.37. The van der Waals surface area contributed by atoms with Gasteiger partial charge in [0.25, 0.3) is 5.91 Å². The minimum atomic E-state index is -4.15. The van der Waals surface area contributed by atoms with E-state index in [0.717, 1.165) is 15.9 Å². The number of aliphatic hydroxyl groups excluding tert-OH is 1. The maximum absolute atomic E-state index is 13.3. The number of carbonyl (C=O) groups is 2. The van der Waals surface area contributed by atoms with Crippen molar-refractivity contribution >= 4 is 32.8 Å². The quantitative estimate of drug-likeness (QED) is 0.281. The summed E-state index contributed by atoms with van der Waals surface area (Å²) in [5.74, 6) is -0.796. The van der Waals surface area contributed by atoms with Crippen LogP contribution < -0.4 is 15.4 Å². The minimum absolute atomic E-state index is 0.0715. The Morgan fingerprint density at radius 3 is 2.62 bits per heavy atom. The molecule has 4 rings (SSSR count). The number of hydrogen-bond acceptors (Lipinski definition) is 7. The fraction of sp³-hybridized carbons (Fsp3) is 0.444. The number of nitrogens with one attached hydrogen (secondary N) is 2. The Labute approximate surface area is 227 Å². The first kappa shape index (κ1) is 28.5. The number of nitrogens with zero attached hydrogens (tertiary/aromatic N) is 2. The molecule has 0 radical (unpaired) electrons. The number of furan rings is 1. The molecule has 12 heteroatoms. The van der Waals surface area contributed by atoms with E-state index in [1.807, 2.05) is 32.0 Å². The molecule has 1 saturated heterocycles. The Morgan fingerprint density at radius 1 is 1.21 bits per heavy atom. The van der Waals surface area contributed by atoms with Crippen LogP contribution in [-0.2, 0) is 14.8 Å². The lowest BCUT2D eigenvalue weighted by atomic mass is 10.0. The number of sulfonamides is 1. The average Bonchev–Trinajstić information content (AvgIpc) is 3.11. The van der Waals surface area contributed by atoms with Crippen LogP contribution in [0.25, 0.3) is 11.0 Å². The summed E-state index contributed by atoms with van der Waals surface area (Å²) in [4.78, 5) is 26.5. The van der Waals surface area contributed by atoms with Gasteiger partial charge in [0.2, 0.25) is 5.91 Å². The highest BCUT2D eigenvalue weighted by atomic mass is 32.2. The summed E-state index contributed by atoms with van der Waals surface area (Å²) in [7, 11) is -4.15. The summed E-state index contributed by atoms with van der Waals surface area (Å²) in [6.45, 7) is 5.42. The van der Waals surface area contributed by atoms with E-state index in [1.165, 1.54) is 18.2 Å². The molecule has 11 nitrogen and oxygen atoms in total. The molecule has 3 atom stereocenters. The number of pyridine rings is 1. The maximum atomic E-state index is 13.3. The van der Waals surface area contributed by atoms with Crippen molar-refractivity contribution in [2.45, 2.75) is 63.2 Å². The predicted molar refractivity (Wildman–Crippen MR) is 143 cm³/mol. The standard InChI is InChI=1S/C27H34N4O7S/c1-17(2)15-21(29-27(34)25-18(3)19-9-4-5-11-23(19)38-25)26(33)28-20-10-8-13-30(16-22(20)32)39(36,37)24-12-6-7-14-31(24)35/h4-7,9,11-12,14,17,20-22,32H,8,10,13,15-16H2,1-3H3,(H,28,33)(H,29,34)/t20?,21-,22?/m0/s1. The third-order valence-corrected chi connectivity index (χ3v) is 8.73. The summed E-state index contributed by atoms with van der Waals surface area (Å²) < 4.78 is 33.2. The third-order valence-electron chi connectivity index (χ3n) is 6.88. The molecule has 3 N–H and O–H groups in total. The molecule has 0 aliphatic carbocycles. The van der Waals surface area contributed by atoms with E-state index in [2.05, 4.69) is 10.6 Å². The SMILES string of the molecule is Cc1c(C(=O)N[C@@H](CC(C)C)C(=O)NC2CCCN(S(=O)(=O)c3cccc[n+]3[O-])CC2O)oc2ccccc12. The van der Waals surface area contributed by atoms with Gasteiger partial charge in [-0.15, -0.1) is 0 Å². The molecular weight excluding hydrogens is 524 g/mol. The minimum Gasteiger partial charge on any atom is -0.618 e. The van der Waals surface area contributed by atoms with E-state index >= 15 is 0 Å². The van der Waals surface area contributed by atoms with Gasteiger partial charge in [-0.25, -0.2) is 8.42 Å². The van der Waals surface area contributed by atoms with Crippen molar-refractivity contribution in [3.05, 3.63) is 65.2 Å². The molecule has 2 unspecified atom stereocenters. The number of para-hydroxylation sites is 1. The van der Waals surface area contributed by atoms with Gasteiger partial charge in [0.05, 0.1) is 12.1 Å². The van der Waals surface area contributed by atoms with Gasteiger partial charge in [-0.2, -0.15) is 9.04 Å². The van der Waals surface area contributed by atoms with Gasteiger partial charge < -0.3 is 25.4 Å². The van der Waals surface area contributed by atoms with Gasteiger partial charge in [0, 0.05) is 36.2 Å². The van der Waals surface area contributed by atoms with Crippen LogP contribution in [0.15, 0.2) is 58.1 Å². The monoisotopic (exact) mass is 558 g/mol. The summed E-state index contributed by atoms with van der Waals surface area (Å²) in [6, 6.07) is 9.73. The third kappa shape index (κ3) is 6.23. The molecular formula is C27H34N4O7S. The highest BCUT2D eigenvalue weighted by molar-refractivity contribution is 7.88. The average molecular weight is 559 g/mol. The lowest BCUT2D eigenvalue weighted by Gasteiger charge is -2.27. The van der Waals surface area contributed by atoms with Crippen molar-refractivity contribution in [2.75, 3.05) is 13.1 Å². The van der Waals surface area contributed by atoms with Crippen LogP contribution in [0.3, 0.4) is 0 Å². The first-order chi connectivity index (χ1) is 18.5. The van der Waals surface area contributed by atoms with Crippen LogP contribution in [0.2, 0.25) is 0 Å². The summed E-state index contributed by atoms with van der Waals surface area (Å²) in [5, 5.41) is 28.9. The molecule has 210 valence electrons. The largest absolute Gasteiger partial charge is 0.618 e. The maximum Gasteiger partial charge on any atom is 0.323 e. The zero-order valence-electron chi connectivity index (χ0n) is 22.2. The first-order valence-corrected chi connectivity index (χ1v) is 14.4. The molecule has 0 saturated carbocycles. The van der Waals surface area contributed by atoms with Gasteiger partial charge in [-0.1, -0.05) is 32.0 Å². The number of fused-ring (bicyclic) bond motifs is 1. The van der Waals surface area contributed by atoms with Crippen molar-refractivity contribution in [3.63, 3.8) is 0 Å². The van der Waals surface area contributed by atoms with Gasteiger partial charge in [-0.3, -0.25) is 9.59 Å².